The Kier molecular flexibility index (Phi) is 3.31. The standard InChI is InChI=1S/C15H19BrN2O3/c1-8(2)18-14(19)17-11-7-15(18,3)21-13-10(11)5-9(16)6-12(13)20-4/h5-6,8,11H,7H2,1-4H3,(H,17,19). The Labute approximate surface area is 132 Å². The van der Waals surface area contributed by atoms with Gasteiger partial charge >= 0.3 is 6.03 Å². The molecule has 2 atom stereocenters. The van der Waals surface area contributed by atoms with E-state index in [9.17, 15) is 4.79 Å². The molecule has 3 rings (SSSR count). The Morgan fingerprint density at radius 2 is 2.24 bits per heavy atom. The van der Waals surface area contributed by atoms with Crippen molar-refractivity contribution >= 4 is 22.0 Å². The summed E-state index contributed by atoms with van der Waals surface area (Å²) in [6.45, 7) is 5.94. The number of hydrogen-bond donors (Lipinski definition) is 1. The molecule has 0 spiro atoms. The fourth-order valence-corrected chi connectivity index (χ4v) is 3.80. The number of ether oxygens (including phenoxy) is 2. The number of carbonyl (C=O) groups excluding carboxylic acids is 1. The van der Waals surface area contributed by atoms with Gasteiger partial charge in [-0.25, -0.2) is 4.79 Å². The second kappa shape index (κ2) is 4.80. The predicted molar refractivity (Wildman–Crippen MR) is 82.6 cm³/mol. The molecule has 2 amide bonds. The number of fused-ring (bicyclic) bond motifs is 4. The van der Waals surface area contributed by atoms with Crippen molar-refractivity contribution in [3.8, 4) is 11.5 Å². The van der Waals surface area contributed by atoms with Gasteiger partial charge in [0, 0.05) is 22.5 Å². The predicted octanol–water partition coefficient (Wildman–Crippen LogP) is 3.43. The maximum absolute atomic E-state index is 12.4. The van der Waals surface area contributed by atoms with Crippen LogP contribution in [0.4, 0.5) is 4.79 Å². The van der Waals surface area contributed by atoms with Crippen LogP contribution in [-0.4, -0.2) is 29.8 Å². The molecule has 1 saturated heterocycles. The molecule has 1 aromatic carbocycles. The molecule has 1 N–H and O–H groups in total. The minimum atomic E-state index is -0.657. The third kappa shape index (κ3) is 2.16. The van der Waals surface area contributed by atoms with E-state index < -0.39 is 5.72 Å². The normalized spacial score (nSPS) is 27.0. The fourth-order valence-electron chi connectivity index (χ4n) is 3.35. The lowest BCUT2D eigenvalue weighted by atomic mass is 9.89. The Hall–Kier alpha value is -1.43. The maximum Gasteiger partial charge on any atom is 0.321 e. The van der Waals surface area contributed by atoms with Gasteiger partial charge in [0.1, 0.15) is 0 Å². The van der Waals surface area contributed by atoms with E-state index in [-0.39, 0.29) is 18.1 Å². The number of amides is 2. The Balaban J connectivity index is 2.13. The smallest absolute Gasteiger partial charge is 0.321 e. The summed E-state index contributed by atoms with van der Waals surface area (Å²) in [5.74, 6) is 1.39. The zero-order valence-corrected chi connectivity index (χ0v) is 14.2. The van der Waals surface area contributed by atoms with Crippen molar-refractivity contribution in [2.45, 2.75) is 45.0 Å². The second-order valence-electron chi connectivity index (χ2n) is 5.97. The molecule has 114 valence electrons. The molecule has 2 unspecified atom stereocenters. The molecule has 2 aliphatic rings. The number of methoxy groups -OCH3 is 1. The van der Waals surface area contributed by atoms with Gasteiger partial charge in [-0.1, -0.05) is 15.9 Å². The molecule has 5 nitrogen and oxygen atoms in total. The van der Waals surface area contributed by atoms with Crippen molar-refractivity contribution in [2.75, 3.05) is 7.11 Å². The highest BCUT2D eigenvalue weighted by Gasteiger charge is 2.50. The molecule has 1 aromatic rings. The van der Waals surface area contributed by atoms with Gasteiger partial charge in [-0.15, -0.1) is 0 Å². The van der Waals surface area contributed by atoms with Gasteiger partial charge in [0.05, 0.1) is 13.2 Å². The van der Waals surface area contributed by atoms with E-state index in [4.69, 9.17) is 9.47 Å². The Morgan fingerprint density at radius 1 is 1.52 bits per heavy atom. The van der Waals surface area contributed by atoms with Crippen molar-refractivity contribution in [1.29, 1.82) is 0 Å². The van der Waals surface area contributed by atoms with Gasteiger partial charge < -0.3 is 14.8 Å². The number of urea groups is 1. The second-order valence-corrected chi connectivity index (χ2v) is 6.89. The molecule has 2 bridgehead atoms. The topological polar surface area (TPSA) is 50.8 Å². The van der Waals surface area contributed by atoms with E-state index in [2.05, 4.69) is 21.2 Å². The van der Waals surface area contributed by atoms with Crippen molar-refractivity contribution in [2.24, 2.45) is 0 Å². The van der Waals surface area contributed by atoms with Crippen LogP contribution >= 0.6 is 15.9 Å². The third-order valence-corrected chi connectivity index (χ3v) is 4.55. The van der Waals surface area contributed by atoms with Crippen LogP contribution in [0.3, 0.4) is 0 Å². The number of nitrogens with one attached hydrogen (secondary N) is 1. The van der Waals surface area contributed by atoms with Crippen molar-refractivity contribution in [1.82, 2.24) is 10.2 Å². The average Bonchev–Trinajstić information content (AvgIpc) is 2.37. The van der Waals surface area contributed by atoms with Crippen molar-refractivity contribution < 1.29 is 14.3 Å². The van der Waals surface area contributed by atoms with E-state index in [1.807, 2.05) is 32.9 Å². The SMILES string of the molecule is COc1cc(Br)cc2c1OC1(C)CC2NC(=O)N1C(C)C. The Bertz CT molecular complexity index is 605. The summed E-state index contributed by atoms with van der Waals surface area (Å²) in [4.78, 5) is 14.2. The lowest BCUT2D eigenvalue weighted by Crippen LogP contribution is -2.66. The van der Waals surface area contributed by atoms with Crippen LogP contribution in [0.1, 0.15) is 38.8 Å². The monoisotopic (exact) mass is 354 g/mol. The van der Waals surface area contributed by atoms with Crippen molar-refractivity contribution in [3.63, 3.8) is 0 Å². The zero-order chi connectivity index (χ0) is 15.4. The fraction of sp³-hybridized carbons (Fsp3) is 0.533. The summed E-state index contributed by atoms with van der Waals surface area (Å²) in [7, 11) is 1.62. The van der Waals surface area contributed by atoms with Crippen LogP contribution < -0.4 is 14.8 Å². The molecule has 0 aliphatic carbocycles. The average molecular weight is 355 g/mol. The van der Waals surface area contributed by atoms with E-state index in [1.54, 1.807) is 12.0 Å². The summed E-state index contributed by atoms with van der Waals surface area (Å²) in [5, 5.41) is 3.07. The summed E-state index contributed by atoms with van der Waals surface area (Å²) in [5.41, 5.74) is 0.297. The first-order chi connectivity index (χ1) is 9.85. The molecule has 0 aromatic heterocycles. The quantitative estimate of drug-likeness (QED) is 0.884. The van der Waals surface area contributed by atoms with Crippen LogP contribution in [0.2, 0.25) is 0 Å². The van der Waals surface area contributed by atoms with Gasteiger partial charge in [0.25, 0.3) is 0 Å². The molecule has 6 heteroatoms. The number of nitrogens with zero attached hydrogens (tertiary/aromatic N) is 1. The Morgan fingerprint density at radius 3 is 2.86 bits per heavy atom. The van der Waals surface area contributed by atoms with Gasteiger partial charge in [-0.3, -0.25) is 4.90 Å². The number of hydrogen-bond acceptors (Lipinski definition) is 3. The number of benzene rings is 1. The van der Waals surface area contributed by atoms with E-state index >= 15 is 0 Å². The number of carbonyl (C=O) groups is 1. The third-order valence-electron chi connectivity index (χ3n) is 4.09. The minimum absolute atomic E-state index is 0.0546. The summed E-state index contributed by atoms with van der Waals surface area (Å²) >= 11 is 3.48. The summed E-state index contributed by atoms with van der Waals surface area (Å²) < 4.78 is 12.6. The van der Waals surface area contributed by atoms with E-state index in [1.165, 1.54) is 0 Å². The van der Waals surface area contributed by atoms with Gasteiger partial charge in [0.2, 0.25) is 0 Å². The van der Waals surface area contributed by atoms with Crippen LogP contribution in [0.25, 0.3) is 0 Å². The molecule has 1 fully saturated rings. The van der Waals surface area contributed by atoms with Gasteiger partial charge in [-0.05, 0) is 32.9 Å². The van der Waals surface area contributed by atoms with Gasteiger partial charge in [-0.2, -0.15) is 0 Å². The van der Waals surface area contributed by atoms with Crippen LogP contribution in [0, 0.1) is 0 Å². The molecular weight excluding hydrogens is 336 g/mol. The van der Waals surface area contributed by atoms with Crippen LogP contribution in [0.15, 0.2) is 16.6 Å². The maximum atomic E-state index is 12.4. The molecule has 2 aliphatic heterocycles. The molecule has 0 saturated carbocycles. The number of rotatable bonds is 2. The zero-order valence-electron chi connectivity index (χ0n) is 12.6. The van der Waals surface area contributed by atoms with E-state index in [0.717, 1.165) is 10.0 Å². The minimum Gasteiger partial charge on any atom is -0.493 e. The first-order valence-corrected chi connectivity index (χ1v) is 7.81. The first kappa shape index (κ1) is 14.5. The molecule has 21 heavy (non-hydrogen) atoms. The molecule has 0 radical (unpaired) electrons. The highest BCUT2D eigenvalue weighted by atomic mass is 79.9. The molecular formula is C15H19BrN2O3. The largest absolute Gasteiger partial charge is 0.493 e. The van der Waals surface area contributed by atoms with E-state index in [0.29, 0.717) is 17.9 Å². The summed E-state index contributed by atoms with van der Waals surface area (Å²) in [6, 6.07) is 3.76. The summed E-state index contributed by atoms with van der Waals surface area (Å²) in [6.07, 6.45) is 0.712. The van der Waals surface area contributed by atoms with Gasteiger partial charge in [0.15, 0.2) is 17.2 Å². The number of halogens is 1. The highest BCUT2D eigenvalue weighted by Crippen LogP contribution is 2.49. The van der Waals surface area contributed by atoms with Crippen LogP contribution in [-0.2, 0) is 0 Å². The van der Waals surface area contributed by atoms with Crippen molar-refractivity contribution in [3.05, 3.63) is 22.2 Å². The highest BCUT2D eigenvalue weighted by molar-refractivity contribution is 9.10. The molecule has 2 heterocycles. The van der Waals surface area contributed by atoms with Crippen LogP contribution in [0.5, 0.6) is 11.5 Å². The lowest BCUT2D eigenvalue weighted by Gasteiger charge is -2.52. The lowest BCUT2D eigenvalue weighted by molar-refractivity contribution is -0.0975. The first-order valence-electron chi connectivity index (χ1n) is 7.02.